The molecule has 13 heteroatoms. The van der Waals surface area contributed by atoms with Gasteiger partial charge in [-0.1, -0.05) is 23.2 Å². The molecule has 0 bridgehead atoms. The van der Waals surface area contributed by atoms with Crippen molar-refractivity contribution in [2.75, 3.05) is 33.0 Å². The lowest BCUT2D eigenvalue weighted by atomic mass is 10.1. The third kappa shape index (κ3) is 7.98. The highest BCUT2D eigenvalue weighted by atomic mass is 35.5. The number of ether oxygens (including phenoxy) is 3. The molecule has 0 aliphatic heterocycles. The van der Waals surface area contributed by atoms with Crippen molar-refractivity contribution in [2.45, 2.75) is 13.8 Å². The number of nitrogens with zero attached hydrogens (tertiary/aromatic N) is 3. The van der Waals surface area contributed by atoms with E-state index in [1.165, 1.54) is 18.2 Å². The third-order valence-corrected chi connectivity index (χ3v) is 6.27. The van der Waals surface area contributed by atoms with E-state index in [2.05, 4.69) is 15.0 Å². The van der Waals surface area contributed by atoms with Crippen molar-refractivity contribution in [3.8, 4) is 57.2 Å². The fourth-order valence-corrected chi connectivity index (χ4v) is 3.94. The number of benzene rings is 3. The maximum Gasteiger partial charge on any atom is 0.344 e. The second kappa shape index (κ2) is 14.6. The van der Waals surface area contributed by atoms with Crippen LogP contribution in [0.3, 0.4) is 0 Å². The van der Waals surface area contributed by atoms with Crippen molar-refractivity contribution >= 4 is 29.2 Å². The normalized spacial score (nSPS) is 10.9. The van der Waals surface area contributed by atoms with Crippen LogP contribution >= 0.6 is 23.2 Å². The Morgan fingerprint density at radius 1 is 0.714 bits per heavy atom. The van der Waals surface area contributed by atoms with Gasteiger partial charge in [0.1, 0.15) is 36.2 Å². The fraction of sp³-hybridized carbons (Fsp3) is 0.241. The summed E-state index contributed by atoms with van der Waals surface area (Å²) in [7, 11) is 0. The zero-order valence-electron chi connectivity index (χ0n) is 22.7. The summed E-state index contributed by atoms with van der Waals surface area (Å²) in [5, 5.41) is 22.3. The first-order chi connectivity index (χ1) is 20.3. The maximum atomic E-state index is 11.6. The Hall–Kier alpha value is -4.16. The molecule has 3 aromatic carbocycles. The molecular weight excluding hydrogens is 589 g/mol. The molecule has 0 aliphatic carbocycles. The minimum Gasteiger partial charge on any atom is -0.507 e. The molecule has 42 heavy (non-hydrogen) atoms. The molecule has 4 rings (SSSR count). The molecule has 0 atom stereocenters. The van der Waals surface area contributed by atoms with Crippen LogP contribution in [0, 0.1) is 0 Å². The summed E-state index contributed by atoms with van der Waals surface area (Å²) in [6.45, 7) is 4.23. The number of hydrogen-bond donors (Lipinski definition) is 2. The Labute approximate surface area is 251 Å². The van der Waals surface area contributed by atoms with Crippen LogP contribution in [0.1, 0.15) is 13.8 Å². The van der Waals surface area contributed by atoms with Gasteiger partial charge < -0.3 is 24.4 Å². The highest BCUT2D eigenvalue weighted by Crippen LogP contribution is 2.36. The highest BCUT2D eigenvalue weighted by Gasteiger charge is 2.18. The minimum atomic E-state index is -0.537. The van der Waals surface area contributed by atoms with Crippen LogP contribution < -0.4 is 9.47 Å². The molecule has 4 aromatic rings. The summed E-state index contributed by atoms with van der Waals surface area (Å²) in [4.78, 5) is 35.0. The molecule has 0 spiro atoms. The van der Waals surface area contributed by atoms with Gasteiger partial charge in [0.2, 0.25) is 0 Å². The van der Waals surface area contributed by atoms with E-state index >= 15 is 0 Å². The highest BCUT2D eigenvalue weighted by molar-refractivity contribution is 6.42. The number of esters is 1. The lowest BCUT2D eigenvalue weighted by molar-refractivity contribution is -0.293. The zero-order valence-corrected chi connectivity index (χ0v) is 24.2. The topological polar surface area (TPSA) is 142 Å². The van der Waals surface area contributed by atoms with E-state index in [9.17, 15) is 15.0 Å². The van der Waals surface area contributed by atoms with Crippen LogP contribution in [-0.2, 0) is 19.3 Å². The first-order valence-corrected chi connectivity index (χ1v) is 13.6. The Kier molecular flexibility index (Phi) is 10.7. The smallest absolute Gasteiger partial charge is 0.344 e. The van der Waals surface area contributed by atoms with Crippen molar-refractivity contribution in [1.29, 1.82) is 0 Å². The predicted molar refractivity (Wildman–Crippen MR) is 155 cm³/mol. The van der Waals surface area contributed by atoms with Crippen molar-refractivity contribution in [3.63, 3.8) is 0 Å². The summed E-state index contributed by atoms with van der Waals surface area (Å²) < 4.78 is 15.8. The van der Waals surface area contributed by atoms with Gasteiger partial charge in [0, 0.05) is 17.7 Å². The lowest BCUT2D eigenvalue weighted by Gasteiger charge is -2.12. The van der Waals surface area contributed by atoms with Gasteiger partial charge in [-0.15, -0.1) is 0 Å². The molecule has 220 valence electrons. The first-order valence-electron chi connectivity index (χ1n) is 12.8. The van der Waals surface area contributed by atoms with Crippen molar-refractivity contribution < 1.29 is 39.0 Å². The van der Waals surface area contributed by atoms with Gasteiger partial charge in [-0.25, -0.2) is 29.5 Å². The van der Waals surface area contributed by atoms with Gasteiger partial charge in [0.15, 0.2) is 24.1 Å². The van der Waals surface area contributed by atoms with Gasteiger partial charge in [0.05, 0.1) is 34.4 Å². The van der Waals surface area contributed by atoms with Gasteiger partial charge >= 0.3 is 5.97 Å². The largest absolute Gasteiger partial charge is 0.507 e. The van der Waals surface area contributed by atoms with Gasteiger partial charge in [-0.05, 0) is 56.3 Å². The number of aromatic hydroxyl groups is 2. The first kappa shape index (κ1) is 30.8. The summed E-state index contributed by atoms with van der Waals surface area (Å²) in [5.74, 6) is 0.163. The van der Waals surface area contributed by atoms with Gasteiger partial charge in [-0.3, -0.25) is 0 Å². The van der Waals surface area contributed by atoms with E-state index in [0.717, 1.165) is 0 Å². The second-order valence-electron chi connectivity index (χ2n) is 8.46. The van der Waals surface area contributed by atoms with Crippen molar-refractivity contribution in [1.82, 2.24) is 15.0 Å². The molecule has 0 fully saturated rings. The lowest BCUT2D eigenvalue weighted by Crippen LogP contribution is -2.14. The SMILES string of the molecule is CCOOCCOc1ccc(-c2nc(-c3ccc(Cl)c(Cl)c3)nc(-c3ccc(OCC(=O)OCC)cc3O)n2)c(O)c1. The molecule has 0 aliphatic rings. The number of aromatic nitrogens is 3. The minimum absolute atomic E-state index is 0.100. The van der Waals surface area contributed by atoms with Crippen LogP contribution in [0.2, 0.25) is 10.0 Å². The quantitative estimate of drug-likeness (QED) is 0.0805. The monoisotopic (exact) mass is 615 g/mol. The van der Waals surface area contributed by atoms with Crippen LogP contribution in [0.4, 0.5) is 0 Å². The van der Waals surface area contributed by atoms with Crippen LogP contribution in [-0.4, -0.2) is 64.2 Å². The van der Waals surface area contributed by atoms with Crippen LogP contribution in [0.5, 0.6) is 23.0 Å². The number of phenolic OH excluding ortho intramolecular Hbond substituents is 2. The Morgan fingerprint density at radius 3 is 1.90 bits per heavy atom. The summed E-state index contributed by atoms with van der Waals surface area (Å²) in [5.41, 5.74) is 1.06. The Bertz CT molecular complexity index is 1550. The molecule has 2 N–H and O–H groups in total. The maximum absolute atomic E-state index is 11.6. The van der Waals surface area contributed by atoms with E-state index in [1.54, 1.807) is 50.2 Å². The number of hydrogen-bond acceptors (Lipinski definition) is 11. The number of rotatable bonds is 13. The average Bonchev–Trinajstić information content (AvgIpc) is 2.97. The van der Waals surface area contributed by atoms with Gasteiger partial charge in [-0.2, -0.15) is 0 Å². The average molecular weight is 616 g/mol. The molecule has 11 nitrogen and oxygen atoms in total. The van der Waals surface area contributed by atoms with Crippen LogP contribution in [0.25, 0.3) is 34.2 Å². The fourth-order valence-electron chi connectivity index (χ4n) is 3.64. The van der Waals surface area contributed by atoms with E-state index in [1.807, 2.05) is 0 Å². The van der Waals surface area contributed by atoms with E-state index in [-0.39, 0.29) is 72.3 Å². The zero-order chi connectivity index (χ0) is 30.1. The summed E-state index contributed by atoms with van der Waals surface area (Å²) in [6, 6.07) is 14.0. The predicted octanol–water partition coefficient (Wildman–Crippen LogP) is 5.88. The van der Waals surface area contributed by atoms with Crippen LogP contribution in [0.15, 0.2) is 54.6 Å². The molecule has 1 heterocycles. The molecule has 0 radical (unpaired) electrons. The summed E-state index contributed by atoms with van der Waals surface area (Å²) >= 11 is 12.3. The standard InChI is InChI=1S/C29H27Cl2N3O8/c1-3-38-26(37)16-40-19-7-9-21(25(36)15-19)29-33-27(17-5-10-22(30)23(31)13-17)32-28(34-29)20-8-6-18(14-24(20)35)39-11-12-42-41-4-2/h5-10,13-15,35-36H,3-4,11-12,16H2,1-2H3. The molecular formula is C29H27Cl2N3O8. The van der Waals surface area contributed by atoms with Gasteiger partial charge in [0.25, 0.3) is 0 Å². The van der Waals surface area contributed by atoms with E-state index in [4.69, 9.17) is 47.2 Å². The number of phenols is 2. The molecule has 1 aromatic heterocycles. The number of halogens is 2. The molecule has 0 amide bonds. The molecule has 0 unspecified atom stereocenters. The Balaban J connectivity index is 1.69. The Morgan fingerprint density at radius 2 is 1.33 bits per heavy atom. The summed E-state index contributed by atoms with van der Waals surface area (Å²) in [6.07, 6.45) is 0. The van der Waals surface area contributed by atoms with Crippen molar-refractivity contribution in [3.05, 3.63) is 64.6 Å². The van der Waals surface area contributed by atoms with E-state index in [0.29, 0.717) is 28.0 Å². The van der Waals surface area contributed by atoms with Crippen molar-refractivity contribution in [2.24, 2.45) is 0 Å². The molecule has 0 saturated heterocycles. The number of carbonyl (C=O) groups is 1. The van der Waals surface area contributed by atoms with E-state index < -0.39 is 5.97 Å². The second-order valence-corrected chi connectivity index (χ2v) is 9.28. The molecule has 0 saturated carbocycles. The number of carbonyl (C=O) groups excluding carboxylic acids is 1. The third-order valence-electron chi connectivity index (χ3n) is 5.53.